The molecule has 4 heterocycles. The quantitative estimate of drug-likeness (QED) is 0.505. The van der Waals surface area contributed by atoms with Crippen molar-refractivity contribution in [3.8, 4) is 11.5 Å². The Balaban J connectivity index is 1.10. The van der Waals surface area contributed by atoms with Crippen LogP contribution in [0.25, 0.3) is 0 Å². The number of amides is 2. The monoisotopic (exact) mass is 527 g/mol. The third-order valence-corrected chi connectivity index (χ3v) is 7.87. The zero-order valence-electron chi connectivity index (χ0n) is 22.1. The van der Waals surface area contributed by atoms with Crippen LogP contribution in [0.4, 0.5) is 11.4 Å². The Morgan fingerprint density at radius 1 is 1.10 bits per heavy atom. The third-order valence-electron chi connectivity index (χ3n) is 7.87. The van der Waals surface area contributed by atoms with Crippen molar-refractivity contribution in [1.29, 1.82) is 0 Å². The molecule has 2 N–H and O–H groups in total. The number of benzene rings is 2. The Morgan fingerprint density at radius 3 is 2.69 bits per heavy atom. The molecule has 202 valence electrons. The van der Waals surface area contributed by atoms with Crippen molar-refractivity contribution in [2.75, 3.05) is 50.1 Å². The summed E-state index contributed by atoms with van der Waals surface area (Å²) in [6, 6.07) is 18.0. The lowest BCUT2D eigenvalue weighted by Gasteiger charge is -2.52. The molecule has 2 aromatic carbocycles. The van der Waals surface area contributed by atoms with E-state index in [2.05, 4.69) is 32.7 Å². The van der Waals surface area contributed by atoms with Crippen LogP contribution in [0.1, 0.15) is 28.9 Å². The first-order chi connectivity index (χ1) is 19.0. The highest BCUT2D eigenvalue weighted by Gasteiger charge is 2.43. The first-order valence-electron chi connectivity index (χ1n) is 13.4. The molecule has 0 aliphatic carbocycles. The van der Waals surface area contributed by atoms with Crippen LogP contribution in [-0.2, 0) is 16.1 Å². The van der Waals surface area contributed by atoms with Gasteiger partial charge < -0.3 is 25.0 Å². The molecule has 0 bridgehead atoms. The number of likely N-dealkylation sites (tertiary alicyclic amines) is 1. The van der Waals surface area contributed by atoms with Gasteiger partial charge in [-0.15, -0.1) is 0 Å². The zero-order chi connectivity index (χ0) is 26.8. The van der Waals surface area contributed by atoms with E-state index in [4.69, 9.17) is 9.47 Å². The molecular weight excluding hydrogens is 494 g/mol. The summed E-state index contributed by atoms with van der Waals surface area (Å²) in [5.41, 5.74) is 3.45. The molecule has 1 atom stereocenters. The highest BCUT2D eigenvalue weighted by atomic mass is 16.5. The third kappa shape index (κ3) is 5.46. The first kappa shape index (κ1) is 25.3. The largest absolute Gasteiger partial charge is 0.457 e. The zero-order valence-corrected chi connectivity index (χ0v) is 22.1. The van der Waals surface area contributed by atoms with Crippen molar-refractivity contribution in [1.82, 2.24) is 15.2 Å². The summed E-state index contributed by atoms with van der Waals surface area (Å²) in [6.07, 6.45) is 3.80. The van der Waals surface area contributed by atoms with Gasteiger partial charge in [-0.05, 0) is 48.7 Å². The highest BCUT2D eigenvalue weighted by Crippen LogP contribution is 2.41. The number of aromatic nitrogens is 1. The van der Waals surface area contributed by atoms with Gasteiger partial charge in [-0.2, -0.15) is 0 Å². The molecule has 3 aromatic rings. The van der Waals surface area contributed by atoms with Crippen molar-refractivity contribution in [2.45, 2.75) is 25.4 Å². The van der Waals surface area contributed by atoms with Gasteiger partial charge >= 0.3 is 0 Å². The number of carbonyl (C=O) groups is 2. The summed E-state index contributed by atoms with van der Waals surface area (Å²) in [7, 11) is 1.75. The summed E-state index contributed by atoms with van der Waals surface area (Å²) in [6.45, 7) is 5.06. The van der Waals surface area contributed by atoms with Crippen LogP contribution in [-0.4, -0.2) is 67.6 Å². The number of para-hydroxylation sites is 1. The van der Waals surface area contributed by atoms with Crippen molar-refractivity contribution in [2.24, 2.45) is 5.41 Å². The number of carbonyl (C=O) groups excluding carboxylic acids is 2. The summed E-state index contributed by atoms with van der Waals surface area (Å²) in [5, 5.41) is 6.19. The molecule has 1 spiro atoms. The minimum atomic E-state index is -0.748. The molecular formula is C30H33N5O4. The molecule has 9 heteroatoms. The van der Waals surface area contributed by atoms with Gasteiger partial charge in [0.05, 0.1) is 11.4 Å². The molecule has 3 aliphatic rings. The molecule has 0 saturated carbocycles. The SMILES string of the molecule is CN1C(=O)[C@@H](NC(=O)c2cc(Oc3ccccc3)ccn2)CNc2ccc(CN3CC4(CCOCC4)C3)cc21. The smallest absolute Gasteiger partial charge is 0.270 e. The lowest BCUT2D eigenvalue weighted by molar-refractivity contribution is -0.119. The molecule has 0 unspecified atom stereocenters. The van der Waals surface area contributed by atoms with Gasteiger partial charge in [-0.25, -0.2) is 0 Å². The van der Waals surface area contributed by atoms with Crippen LogP contribution in [0.3, 0.4) is 0 Å². The van der Waals surface area contributed by atoms with Crippen molar-refractivity contribution in [3.63, 3.8) is 0 Å². The molecule has 0 radical (unpaired) electrons. The number of nitrogens with zero attached hydrogens (tertiary/aromatic N) is 3. The Hall–Kier alpha value is -3.95. The maximum Gasteiger partial charge on any atom is 0.270 e. The molecule has 1 aromatic heterocycles. The predicted octanol–water partition coefficient (Wildman–Crippen LogP) is 3.67. The van der Waals surface area contributed by atoms with E-state index in [9.17, 15) is 9.59 Å². The lowest BCUT2D eigenvalue weighted by Crippen LogP contribution is -2.57. The van der Waals surface area contributed by atoms with Gasteiger partial charge in [0.15, 0.2) is 0 Å². The number of hydrogen-bond donors (Lipinski definition) is 2. The summed E-state index contributed by atoms with van der Waals surface area (Å²) in [4.78, 5) is 34.7. The van der Waals surface area contributed by atoms with Gasteiger partial charge in [-0.1, -0.05) is 24.3 Å². The minimum Gasteiger partial charge on any atom is -0.457 e. The van der Waals surface area contributed by atoms with Crippen molar-refractivity contribution >= 4 is 23.2 Å². The molecule has 9 nitrogen and oxygen atoms in total. The molecule has 39 heavy (non-hydrogen) atoms. The van der Waals surface area contributed by atoms with Crippen LogP contribution in [0.15, 0.2) is 66.9 Å². The number of nitrogens with one attached hydrogen (secondary N) is 2. The van der Waals surface area contributed by atoms with E-state index in [0.29, 0.717) is 16.9 Å². The van der Waals surface area contributed by atoms with Gasteiger partial charge in [0, 0.05) is 64.1 Å². The molecule has 6 rings (SSSR count). The van der Waals surface area contributed by atoms with Crippen LogP contribution in [0, 0.1) is 5.41 Å². The second kappa shape index (κ2) is 10.7. The average Bonchev–Trinajstić information content (AvgIpc) is 3.05. The van der Waals surface area contributed by atoms with Crippen LogP contribution >= 0.6 is 0 Å². The summed E-state index contributed by atoms with van der Waals surface area (Å²) >= 11 is 0. The second-order valence-corrected chi connectivity index (χ2v) is 10.7. The Kier molecular flexibility index (Phi) is 6.93. The Bertz CT molecular complexity index is 1350. The van der Waals surface area contributed by atoms with E-state index < -0.39 is 11.9 Å². The van der Waals surface area contributed by atoms with Gasteiger partial charge in [0.1, 0.15) is 23.2 Å². The number of fused-ring (bicyclic) bond motifs is 1. The Labute approximate surface area is 228 Å². The first-order valence-corrected chi connectivity index (χ1v) is 13.4. The minimum absolute atomic E-state index is 0.180. The number of hydrogen-bond acceptors (Lipinski definition) is 7. The number of anilines is 2. The number of rotatable bonds is 6. The predicted molar refractivity (Wildman–Crippen MR) is 148 cm³/mol. The van der Waals surface area contributed by atoms with E-state index in [0.717, 1.165) is 57.1 Å². The van der Waals surface area contributed by atoms with E-state index in [1.54, 1.807) is 24.1 Å². The maximum absolute atomic E-state index is 13.4. The molecule has 2 amide bonds. The second-order valence-electron chi connectivity index (χ2n) is 10.7. The number of ether oxygens (including phenoxy) is 2. The van der Waals surface area contributed by atoms with Crippen molar-refractivity contribution < 1.29 is 19.1 Å². The molecule has 3 aliphatic heterocycles. The Morgan fingerprint density at radius 2 is 1.90 bits per heavy atom. The number of pyridine rings is 1. The maximum atomic E-state index is 13.4. The fraction of sp³-hybridized carbons (Fsp3) is 0.367. The van der Waals surface area contributed by atoms with Gasteiger partial charge in [0.2, 0.25) is 0 Å². The lowest BCUT2D eigenvalue weighted by atomic mass is 9.73. The molecule has 2 saturated heterocycles. The molecule has 2 fully saturated rings. The van der Waals surface area contributed by atoms with Crippen LogP contribution in [0.5, 0.6) is 11.5 Å². The fourth-order valence-corrected chi connectivity index (χ4v) is 5.72. The van der Waals surface area contributed by atoms with E-state index >= 15 is 0 Å². The van der Waals surface area contributed by atoms with E-state index in [1.807, 2.05) is 36.4 Å². The van der Waals surface area contributed by atoms with Gasteiger partial charge in [-0.3, -0.25) is 19.5 Å². The highest BCUT2D eigenvalue weighted by molar-refractivity contribution is 6.04. The topological polar surface area (TPSA) is 96.0 Å². The standard InChI is InChI=1S/C30H33N5O4/c1-34-27-15-21(18-35-19-30(20-35)10-13-38-14-11-30)7-8-24(27)32-17-26(29(34)37)33-28(36)25-16-23(9-12-31-25)39-22-5-3-2-4-6-22/h2-9,12,15-16,26,32H,10-11,13-14,17-20H2,1H3,(H,33,36)/t26-/m0/s1. The number of likely N-dealkylation sites (N-methyl/N-ethyl adjacent to an activating group) is 1. The van der Waals surface area contributed by atoms with Crippen molar-refractivity contribution in [3.05, 3.63) is 78.1 Å². The summed E-state index contributed by atoms with van der Waals surface area (Å²) in [5.74, 6) is 0.532. The van der Waals surface area contributed by atoms with E-state index in [-0.39, 0.29) is 18.1 Å². The normalized spacial score (nSPS) is 20.4. The summed E-state index contributed by atoms with van der Waals surface area (Å²) < 4.78 is 11.4. The van der Waals surface area contributed by atoms with E-state index in [1.165, 1.54) is 11.8 Å². The van der Waals surface area contributed by atoms with Crippen LogP contribution < -0.4 is 20.3 Å². The average molecular weight is 528 g/mol. The van der Waals surface area contributed by atoms with Crippen LogP contribution in [0.2, 0.25) is 0 Å². The van der Waals surface area contributed by atoms with Gasteiger partial charge in [0.25, 0.3) is 11.8 Å². The fourth-order valence-electron chi connectivity index (χ4n) is 5.72.